The van der Waals surface area contributed by atoms with Gasteiger partial charge in [-0.25, -0.2) is 0 Å². The van der Waals surface area contributed by atoms with Gasteiger partial charge in [0, 0.05) is 26.2 Å². The van der Waals surface area contributed by atoms with Gasteiger partial charge in [-0.05, 0) is 32.6 Å². The summed E-state index contributed by atoms with van der Waals surface area (Å²) >= 11 is 0. The van der Waals surface area contributed by atoms with Crippen molar-refractivity contribution in [2.24, 2.45) is 0 Å². The molecule has 1 N–H and O–H groups in total. The third-order valence-electron chi connectivity index (χ3n) is 4.81. The molecule has 4 nitrogen and oxygen atoms in total. The second kappa shape index (κ2) is 6.23. The Bertz CT molecular complexity index is 301. The molecule has 110 valence electrons. The molecule has 0 radical (unpaired) electrons. The van der Waals surface area contributed by atoms with Gasteiger partial charge in [-0.3, -0.25) is 9.69 Å². The van der Waals surface area contributed by atoms with Crippen LogP contribution in [-0.2, 0) is 4.79 Å². The van der Waals surface area contributed by atoms with Crippen LogP contribution in [0.4, 0.5) is 0 Å². The van der Waals surface area contributed by atoms with E-state index in [1.165, 1.54) is 19.3 Å². The van der Waals surface area contributed by atoms with Gasteiger partial charge in [-0.1, -0.05) is 19.3 Å². The number of likely N-dealkylation sites (N-methyl/N-ethyl adjacent to an activating group) is 1. The van der Waals surface area contributed by atoms with Crippen molar-refractivity contribution in [3.05, 3.63) is 0 Å². The van der Waals surface area contributed by atoms with Gasteiger partial charge in [-0.15, -0.1) is 0 Å². The molecule has 0 spiro atoms. The predicted octanol–water partition coefficient (Wildman–Crippen LogP) is 1.62. The predicted molar refractivity (Wildman–Crippen MR) is 75.9 cm³/mol. The van der Waals surface area contributed by atoms with Crippen LogP contribution in [0.5, 0.6) is 0 Å². The zero-order chi connectivity index (χ0) is 13.9. The number of likely N-dealkylation sites (tertiary alicyclic amines) is 1. The van der Waals surface area contributed by atoms with Crippen LogP contribution in [0, 0.1) is 0 Å². The van der Waals surface area contributed by atoms with Crippen molar-refractivity contribution in [2.75, 3.05) is 26.7 Å². The second-order valence-corrected chi connectivity index (χ2v) is 6.57. The molecule has 1 aliphatic carbocycles. The smallest absolute Gasteiger partial charge is 0.236 e. The summed E-state index contributed by atoms with van der Waals surface area (Å²) in [5.41, 5.74) is -0.533. The van der Waals surface area contributed by atoms with Gasteiger partial charge in [-0.2, -0.15) is 0 Å². The molecule has 0 bridgehead atoms. The van der Waals surface area contributed by atoms with Crippen molar-refractivity contribution in [2.45, 2.75) is 63.5 Å². The quantitative estimate of drug-likeness (QED) is 0.846. The lowest BCUT2D eigenvalue weighted by molar-refractivity contribution is -0.134. The molecule has 1 aliphatic heterocycles. The summed E-state index contributed by atoms with van der Waals surface area (Å²) in [6.45, 7) is 4.07. The number of amides is 1. The molecule has 2 rings (SSSR count). The van der Waals surface area contributed by atoms with E-state index >= 15 is 0 Å². The number of piperidine rings is 1. The molecule has 0 atom stereocenters. The van der Waals surface area contributed by atoms with Crippen molar-refractivity contribution in [1.29, 1.82) is 0 Å². The van der Waals surface area contributed by atoms with E-state index in [9.17, 15) is 9.90 Å². The first-order valence-electron chi connectivity index (χ1n) is 7.68. The molecule has 19 heavy (non-hydrogen) atoms. The van der Waals surface area contributed by atoms with Crippen LogP contribution >= 0.6 is 0 Å². The van der Waals surface area contributed by atoms with Crippen molar-refractivity contribution in [3.8, 4) is 0 Å². The van der Waals surface area contributed by atoms with Gasteiger partial charge < -0.3 is 10.0 Å². The van der Waals surface area contributed by atoms with Gasteiger partial charge in [0.2, 0.25) is 5.91 Å². The van der Waals surface area contributed by atoms with Gasteiger partial charge in [0.05, 0.1) is 12.1 Å². The molecule has 0 unspecified atom stereocenters. The summed E-state index contributed by atoms with van der Waals surface area (Å²) < 4.78 is 0. The van der Waals surface area contributed by atoms with Gasteiger partial charge in [0.1, 0.15) is 0 Å². The Morgan fingerprint density at radius 3 is 2.42 bits per heavy atom. The lowest BCUT2D eigenvalue weighted by Crippen LogP contribution is -2.48. The van der Waals surface area contributed by atoms with Gasteiger partial charge >= 0.3 is 0 Å². The molecular weight excluding hydrogens is 240 g/mol. The topological polar surface area (TPSA) is 43.8 Å². The molecule has 4 heteroatoms. The van der Waals surface area contributed by atoms with Crippen LogP contribution in [0.1, 0.15) is 51.9 Å². The summed E-state index contributed by atoms with van der Waals surface area (Å²) in [7, 11) is 1.96. The normalized spacial score (nSPS) is 25.2. The summed E-state index contributed by atoms with van der Waals surface area (Å²) in [5, 5.41) is 9.92. The maximum absolute atomic E-state index is 12.3. The Morgan fingerprint density at radius 1 is 1.26 bits per heavy atom. The summed E-state index contributed by atoms with van der Waals surface area (Å²) in [4.78, 5) is 16.4. The highest BCUT2D eigenvalue weighted by Gasteiger charge is 2.29. The fourth-order valence-electron chi connectivity index (χ4n) is 3.17. The minimum absolute atomic E-state index is 0.244. The van der Waals surface area contributed by atoms with Crippen molar-refractivity contribution in [3.63, 3.8) is 0 Å². The maximum Gasteiger partial charge on any atom is 0.236 e. The number of hydrogen-bond donors (Lipinski definition) is 1. The van der Waals surface area contributed by atoms with Crippen molar-refractivity contribution >= 4 is 5.91 Å². The molecule has 1 saturated heterocycles. The molecule has 1 amide bonds. The Kier molecular flexibility index (Phi) is 4.85. The summed E-state index contributed by atoms with van der Waals surface area (Å²) in [6.07, 6.45) is 7.71. The van der Waals surface area contributed by atoms with E-state index in [2.05, 4.69) is 4.90 Å². The zero-order valence-electron chi connectivity index (χ0n) is 12.4. The van der Waals surface area contributed by atoms with Crippen LogP contribution < -0.4 is 0 Å². The monoisotopic (exact) mass is 268 g/mol. The number of carbonyl (C=O) groups excluding carboxylic acids is 1. The minimum Gasteiger partial charge on any atom is -0.390 e. The average molecular weight is 268 g/mol. The Morgan fingerprint density at radius 2 is 1.84 bits per heavy atom. The lowest BCUT2D eigenvalue weighted by atomic mass is 9.93. The highest BCUT2D eigenvalue weighted by atomic mass is 16.3. The standard InChI is InChI=1S/C15H28N2O2/c1-15(19)8-10-17(11-9-15)12-14(18)16(2)13-6-4-3-5-7-13/h13,19H,3-12H2,1-2H3. The number of hydrogen-bond acceptors (Lipinski definition) is 3. The lowest BCUT2D eigenvalue weighted by Gasteiger charge is -2.37. The van der Waals surface area contributed by atoms with E-state index in [0.29, 0.717) is 12.6 Å². The van der Waals surface area contributed by atoms with Gasteiger partial charge in [0.25, 0.3) is 0 Å². The highest BCUT2D eigenvalue weighted by Crippen LogP contribution is 2.23. The molecular formula is C15H28N2O2. The number of rotatable bonds is 3. The van der Waals surface area contributed by atoms with E-state index in [0.717, 1.165) is 38.8 Å². The molecule has 2 aliphatic rings. The molecule has 0 aromatic heterocycles. The summed E-state index contributed by atoms with van der Waals surface area (Å²) in [5.74, 6) is 0.244. The zero-order valence-corrected chi connectivity index (χ0v) is 12.4. The van der Waals surface area contributed by atoms with Crippen molar-refractivity contribution in [1.82, 2.24) is 9.80 Å². The Labute approximate surface area is 116 Å². The van der Waals surface area contributed by atoms with Crippen LogP contribution in [0.25, 0.3) is 0 Å². The Hall–Kier alpha value is -0.610. The third-order valence-corrected chi connectivity index (χ3v) is 4.81. The van der Waals surface area contributed by atoms with Crippen LogP contribution in [-0.4, -0.2) is 59.1 Å². The molecule has 1 heterocycles. The fraction of sp³-hybridized carbons (Fsp3) is 0.933. The average Bonchev–Trinajstić information content (AvgIpc) is 2.41. The van der Waals surface area contributed by atoms with E-state index < -0.39 is 5.60 Å². The molecule has 0 aromatic rings. The van der Waals surface area contributed by atoms with Crippen LogP contribution in [0.2, 0.25) is 0 Å². The van der Waals surface area contributed by atoms with Crippen LogP contribution in [0.15, 0.2) is 0 Å². The Balaban J connectivity index is 1.77. The SMILES string of the molecule is CN(C(=O)CN1CCC(C)(O)CC1)C1CCCCC1. The largest absolute Gasteiger partial charge is 0.390 e. The summed E-state index contributed by atoms with van der Waals surface area (Å²) in [6, 6.07) is 0.453. The van der Waals surface area contributed by atoms with E-state index in [1.54, 1.807) is 0 Å². The molecule has 1 saturated carbocycles. The highest BCUT2D eigenvalue weighted by molar-refractivity contribution is 5.78. The minimum atomic E-state index is -0.533. The fourth-order valence-corrected chi connectivity index (χ4v) is 3.17. The molecule has 2 fully saturated rings. The van der Waals surface area contributed by atoms with E-state index in [-0.39, 0.29) is 5.91 Å². The third kappa shape index (κ3) is 4.18. The first kappa shape index (κ1) is 14.8. The number of carbonyl (C=O) groups is 1. The first-order chi connectivity index (χ1) is 8.98. The number of nitrogens with zero attached hydrogens (tertiary/aromatic N) is 2. The van der Waals surface area contributed by atoms with E-state index in [1.807, 2.05) is 18.9 Å². The molecule has 0 aromatic carbocycles. The first-order valence-corrected chi connectivity index (χ1v) is 7.68. The second-order valence-electron chi connectivity index (χ2n) is 6.57. The maximum atomic E-state index is 12.3. The van der Waals surface area contributed by atoms with Crippen molar-refractivity contribution < 1.29 is 9.90 Å². The van der Waals surface area contributed by atoms with Crippen LogP contribution in [0.3, 0.4) is 0 Å². The number of aliphatic hydroxyl groups is 1. The van der Waals surface area contributed by atoms with E-state index in [4.69, 9.17) is 0 Å². The van der Waals surface area contributed by atoms with Gasteiger partial charge in [0.15, 0.2) is 0 Å².